The average molecular weight is 651 g/mol. The van der Waals surface area contributed by atoms with E-state index in [1.807, 2.05) is 30.3 Å². The van der Waals surface area contributed by atoms with E-state index in [0.717, 1.165) is 50.5 Å². The lowest BCUT2D eigenvalue weighted by atomic mass is 9.59. The van der Waals surface area contributed by atoms with Crippen LogP contribution in [0.1, 0.15) is 118 Å². The van der Waals surface area contributed by atoms with Crippen molar-refractivity contribution in [3.63, 3.8) is 0 Å². The molecule has 0 spiro atoms. The number of rotatable bonds is 6. The van der Waals surface area contributed by atoms with E-state index in [2.05, 4.69) is 100 Å². The Morgan fingerprint density at radius 1 is 0.911 bits per heavy atom. The normalized spacial score (nSPS) is 31.2. The van der Waals surface area contributed by atoms with Crippen molar-refractivity contribution >= 4 is 22.6 Å². The van der Waals surface area contributed by atoms with E-state index in [1.54, 1.807) is 0 Å². The second-order valence-electron chi connectivity index (χ2n) is 17.8. The highest BCUT2D eigenvalue weighted by Gasteiger charge is 2.58. The van der Waals surface area contributed by atoms with Gasteiger partial charge in [0.25, 0.3) is 0 Å². The smallest absolute Gasteiger partial charge is 0.339 e. The van der Waals surface area contributed by atoms with Crippen molar-refractivity contribution in [3.05, 3.63) is 47.0 Å². The summed E-state index contributed by atoms with van der Waals surface area (Å²) < 4.78 is 20.8. The van der Waals surface area contributed by atoms with Gasteiger partial charge in [-0.15, -0.1) is 0 Å². The summed E-state index contributed by atoms with van der Waals surface area (Å²) in [6, 6.07) is 9.44. The molecule has 250 valence electrons. The molecule has 2 saturated carbocycles. The van der Waals surface area contributed by atoms with Gasteiger partial charge in [0, 0.05) is 24.3 Å². The molecular formula is C39H62O4Si2. The maximum atomic E-state index is 13.7. The van der Waals surface area contributed by atoms with Gasteiger partial charge in [-0.3, -0.25) is 0 Å². The zero-order valence-corrected chi connectivity index (χ0v) is 32.8. The van der Waals surface area contributed by atoms with E-state index in [1.165, 1.54) is 5.57 Å². The maximum Gasteiger partial charge on any atom is 0.339 e. The molecule has 3 aliphatic carbocycles. The molecule has 0 radical (unpaired) electrons. The average Bonchev–Trinajstić information content (AvgIpc) is 3.23. The Balaban J connectivity index is 1.78. The topological polar surface area (TPSA) is 44.8 Å². The predicted octanol–water partition coefficient (Wildman–Crippen LogP) is 10.7. The van der Waals surface area contributed by atoms with Crippen LogP contribution in [0.3, 0.4) is 0 Å². The number of ether oxygens (including phenoxy) is 1. The minimum atomic E-state index is -2.05. The Morgan fingerprint density at radius 2 is 1.51 bits per heavy atom. The van der Waals surface area contributed by atoms with E-state index in [4.69, 9.17) is 13.6 Å². The molecule has 0 heterocycles. The number of hydrogen-bond donors (Lipinski definition) is 0. The summed E-state index contributed by atoms with van der Waals surface area (Å²) in [6.07, 6.45) is 6.83. The minimum absolute atomic E-state index is 0.0235. The molecule has 0 N–H and O–H groups in total. The molecular weight excluding hydrogens is 589 g/mol. The third-order valence-electron chi connectivity index (χ3n) is 12.7. The van der Waals surface area contributed by atoms with Gasteiger partial charge in [0.2, 0.25) is 0 Å². The van der Waals surface area contributed by atoms with Gasteiger partial charge >= 0.3 is 5.97 Å². The van der Waals surface area contributed by atoms with Crippen LogP contribution in [0, 0.1) is 29.1 Å². The second-order valence-corrected chi connectivity index (χ2v) is 27.3. The van der Waals surface area contributed by atoms with Gasteiger partial charge in [0.05, 0.1) is 17.8 Å². The molecule has 1 aromatic rings. The molecule has 4 nitrogen and oxygen atoms in total. The van der Waals surface area contributed by atoms with Gasteiger partial charge in [0.1, 0.15) is 0 Å². The summed E-state index contributed by atoms with van der Waals surface area (Å²) in [7, 11) is -4.07. The van der Waals surface area contributed by atoms with Crippen LogP contribution in [0.2, 0.25) is 36.3 Å². The zero-order valence-electron chi connectivity index (χ0n) is 30.8. The molecule has 0 bridgehead atoms. The quantitative estimate of drug-likeness (QED) is 0.175. The van der Waals surface area contributed by atoms with Crippen molar-refractivity contribution < 1.29 is 18.4 Å². The van der Waals surface area contributed by atoms with Gasteiger partial charge in [-0.2, -0.15) is 0 Å². The zero-order chi connectivity index (χ0) is 33.6. The molecule has 4 rings (SSSR count). The first-order valence-corrected chi connectivity index (χ1v) is 23.3. The third kappa shape index (κ3) is 7.42. The fourth-order valence-electron chi connectivity index (χ4n) is 7.37. The highest BCUT2D eigenvalue weighted by Crippen LogP contribution is 2.60. The number of carbonyl (C=O) groups excluding carboxylic acids is 1. The number of esters is 1. The van der Waals surface area contributed by atoms with E-state index in [0.29, 0.717) is 11.5 Å². The molecule has 0 aliphatic heterocycles. The Kier molecular flexibility index (Phi) is 10.3. The standard InChI is InChI=1S/C39H62O4Si2/c1-28-20-21-34-38(28,9)23-17-24-39(34,41-35(40)30-18-15-14-16-19-30)25-22-31-26-32(42-44(10,11)36(3,4)5)27-33(29(31)2)43-45(12,13)37(6,7)8/h14-16,18-19,28,32-34H,17,20-21,23-24,26-27H2,1-13H3/t28-,32?,33?,34?,38+,39?/m0/s1. The highest BCUT2D eigenvalue weighted by molar-refractivity contribution is 6.74. The van der Waals surface area contributed by atoms with Crippen molar-refractivity contribution in [1.29, 1.82) is 0 Å². The number of benzene rings is 1. The summed E-state index contributed by atoms with van der Waals surface area (Å²) >= 11 is 0. The molecule has 1 aromatic carbocycles. The van der Waals surface area contributed by atoms with Crippen LogP contribution in [0.4, 0.5) is 0 Å². The second kappa shape index (κ2) is 12.8. The SMILES string of the molecule is CC1=C(C#CC2(OC(=O)c3ccccc3)CCC[C@@]3(C)C2CC[C@@H]3C)CC(O[Si](C)(C)C(C)(C)C)CC1O[Si](C)(C)C(C)(C)C. The Hall–Kier alpha value is -1.66. The van der Waals surface area contributed by atoms with Crippen LogP contribution in [0.25, 0.3) is 0 Å². The Labute approximate surface area is 277 Å². The number of hydrogen-bond acceptors (Lipinski definition) is 4. The highest BCUT2D eigenvalue weighted by atomic mass is 28.4. The van der Waals surface area contributed by atoms with Crippen molar-refractivity contribution in [1.82, 2.24) is 0 Å². The maximum absolute atomic E-state index is 13.7. The molecule has 0 saturated heterocycles. The molecule has 4 unspecified atom stereocenters. The summed E-state index contributed by atoms with van der Waals surface area (Å²) in [5.41, 5.74) is 2.24. The molecule has 3 aliphatic rings. The van der Waals surface area contributed by atoms with Gasteiger partial charge in [0.15, 0.2) is 22.2 Å². The van der Waals surface area contributed by atoms with Crippen LogP contribution in [0.5, 0.6) is 0 Å². The Bertz CT molecular complexity index is 1320. The first-order valence-electron chi connectivity index (χ1n) is 17.5. The van der Waals surface area contributed by atoms with Crippen molar-refractivity contribution in [2.24, 2.45) is 17.3 Å². The Morgan fingerprint density at radius 3 is 2.11 bits per heavy atom. The van der Waals surface area contributed by atoms with Gasteiger partial charge in [-0.25, -0.2) is 4.79 Å². The molecule has 2 fully saturated rings. The van der Waals surface area contributed by atoms with Crippen LogP contribution in [-0.2, 0) is 13.6 Å². The van der Waals surface area contributed by atoms with Crippen LogP contribution < -0.4 is 0 Å². The minimum Gasteiger partial charge on any atom is -0.442 e. The third-order valence-corrected chi connectivity index (χ3v) is 21.7. The lowest BCUT2D eigenvalue weighted by molar-refractivity contribution is -0.0787. The monoisotopic (exact) mass is 650 g/mol. The van der Waals surface area contributed by atoms with Gasteiger partial charge in [-0.05, 0) is 110 Å². The molecule has 45 heavy (non-hydrogen) atoms. The van der Waals surface area contributed by atoms with E-state index in [-0.39, 0.29) is 39.6 Å². The first-order chi connectivity index (χ1) is 20.6. The fourth-order valence-corrected chi connectivity index (χ4v) is 10.1. The van der Waals surface area contributed by atoms with Crippen molar-refractivity contribution in [2.45, 2.75) is 161 Å². The lowest BCUT2D eigenvalue weighted by Crippen LogP contribution is -2.51. The van der Waals surface area contributed by atoms with Gasteiger partial charge in [-0.1, -0.05) is 79.5 Å². The van der Waals surface area contributed by atoms with Crippen LogP contribution >= 0.6 is 0 Å². The van der Waals surface area contributed by atoms with Crippen LogP contribution in [0.15, 0.2) is 41.5 Å². The molecule has 0 amide bonds. The van der Waals surface area contributed by atoms with E-state index < -0.39 is 22.2 Å². The van der Waals surface area contributed by atoms with Gasteiger partial charge < -0.3 is 13.6 Å². The van der Waals surface area contributed by atoms with E-state index >= 15 is 0 Å². The fraction of sp³-hybridized carbons (Fsp3) is 0.718. The lowest BCUT2D eigenvalue weighted by Gasteiger charge is -2.49. The predicted molar refractivity (Wildman–Crippen MR) is 192 cm³/mol. The number of fused-ring (bicyclic) bond motifs is 1. The summed E-state index contributed by atoms with van der Waals surface area (Å²) in [6.45, 7) is 30.2. The largest absolute Gasteiger partial charge is 0.442 e. The van der Waals surface area contributed by atoms with Crippen molar-refractivity contribution in [2.75, 3.05) is 0 Å². The summed E-state index contributed by atoms with van der Waals surface area (Å²) in [4.78, 5) is 13.7. The summed E-state index contributed by atoms with van der Waals surface area (Å²) in [5, 5.41) is 0.222. The molecule has 6 heteroatoms. The van der Waals surface area contributed by atoms with Crippen molar-refractivity contribution in [3.8, 4) is 11.8 Å². The van der Waals surface area contributed by atoms with E-state index in [9.17, 15) is 4.79 Å². The van der Waals surface area contributed by atoms with Crippen LogP contribution in [-0.4, -0.2) is 40.4 Å². The molecule has 6 atom stereocenters. The summed E-state index contributed by atoms with van der Waals surface area (Å²) in [5.74, 6) is 8.00. The number of carbonyl (C=O) groups is 1. The first kappa shape index (κ1) is 36.2. The molecule has 0 aromatic heterocycles.